The summed E-state index contributed by atoms with van der Waals surface area (Å²) < 4.78 is 0. The molecule has 4 unspecified atom stereocenters. The van der Waals surface area contributed by atoms with E-state index in [0.29, 0.717) is 29.8 Å². The number of hydrogen-bond donors (Lipinski definition) is 2. The summed E-state index contributed by atoms with van der Waals surface area (Å²) >= 11 is 0. The van der Waals surface area contributed by atoms with Crippen LogP contribution in [0.2, 0.25) is 0 Å². The lowest BCUT2D eigenvalue weighted by Crippen LogP contribution is -2.46. The van der Waals surface area contributed by atoms with E-state index in [9.17, 15) is 0 Å². The maximum atomic E-state index is 4.32. The molecule has 0 aromatic carbocycles. The second-order valence-corrected chi connectivity index (χ2v) is 9.56. The van der Waals surface area contributed by atoms with Gasteiger partial charge >= 0.3 is 0 Å². The third-order valence-electron chi connectivity index (χ3n) is 5.66. The number of allylic oxidation sites excluding steroid dienone is 4. The number of hydrogen-bond acceptors (Lipinski definition) is 2. The van der Waals surface area contributed by atoms with Crippen LogP contribution >= 0.6 is 0 Å². The standard InChI is InChI=1S/C25H44N2/c1-9-13-23(22-17-19(3)15-11-12-16-20(4)18-22)26-21(5)27-24(14-10-2)25(6,7)8/h9,11-12,15-16,19-20,22-24,26-27H,1,5,10,13-14,17-18H2,2-4,6-8H3/b15-11-,16-12-. The van der Waals surface area contributed by atoms with Crippen LogP contribution in [0.25, 0.3) is 0 Å². The molecule has 2 nitrogen and oxygen atoms in total. The van der Waals surface area contributed by atoms with Gasteiger partial charge in [0, 0.05) is 12.1 Å². The van der Waals surface area contributed by atoms with E-state index in [4.69, 9.17) is 0 Å². The molecule has 154 valence electrons. The molecule has 0 aliphatic heterocycles. The fourth-order valence-corrected chi connectivity index (χ4v) is 4.08. The summed E-state index contributed by atoms with van der Waals surface area (Å²) in [5.41, 5.74) is 0.214. The van der Waals surface area contributed by atoms with Crippen molar-refractivity contribution in [2.45, 2.75) is 85.7 Å². The van der Waals surface area contributed by atoms with Crippen molar-refractivity contribution in [3.8, 4) is 0 Å². The fourth-order valence-electron chi connectivity index (χ4n) is 4.08. The van der Waals surface area contributed by atoms with Crippen molar-refractivity contribution in [3.63, 3.8) is 0 Å². The van der Waals surface area contributed by atoms with Crippen LogP contribution in [0, 0.1) is 23.2 Å². The maximum Gasteiger partial charge on any atom is 0.0917 e. The number of nitrogens with one attached hydrogen (secondary N) is 2. The Morgan fingerprint density at radius 1 is 1.11 bits per heavy atom. The minimum atomic E-state index is 0.214. The van der Waals surface area contributed by atoms with Gasteiger partial charge in [0.2, 0.25) is 0 Å². The van der Waals surface area contributed by atoms with E-state index < -0.39 is 0 Å². The average molecular weight is 373 g/mol. The topological polar surface area (TPSA) is 24.1 Å². The molecule has 1 aliphatic rings. The molecular weight excluding hydrogens is 328 g/mol. The van der Waals surface area contributed by atoms with Gasteiger partial charge in [0.1, 0.15) is 0 Å². The summed E-state index contributed by atoms with van der Waals surface area (Å²) in [6.45, 7) is 22.1. The summed E-state index contributed by atoms with van der Waals surface area (Å²) in [4.78, 5) is 0. The first-order valence-electron chi connectivity index (χ1n) is 10.8. The number of rotatable bonds is 9. The van der Waals surface area contributed by atoms with E-state index in [1.807, 2.05) is 6.08 Å². The first-order chi connectivity index (χ1) is 12.7. The van der Waals surface area contributed by atoms with Gasteiger partial charge in [-0.2, -0.15) is 0 Å². The molecule has 27 heavy (non-hydrogen) atoms. The molecule has 0 spiro atoms. The summed E-state index contributed by atoms with van der Waals surface area (Å²) in [5.74, 6) is 2.73. The molecule has 0 bridgehead atoms. The molecule has 0 saturated heterocycles. The Labute approximate surface area is 169 Å². The van der Waals surface area contributed by atoms with E-state index in [1.54, 1.807) is 0 Å². The van der Waals surface area contributed by atoms with E-state index >= 15 is 0 Å². The van der Waals surface area contributed by atoms with Crippen LogP contribution in [-0.2, 0) is 0 Å². The first kappa shape index (κ1) is 23.6. The van der Waals surface area contributed by atoms with Gasteiger partial charge in [-0.1, -0.05) is 84.9 Å². The highest BCUT2D eigenvalue weighted by molar-refractivity contribution is 5.08. The molecule has 4 atom stereocenters. The molecule has 2 N–H and O–H groups in total. The van der Waals surface area contributed by atoms with Crippen LogP contribution in [0.15, 0.2) is 49.4 Å². The van der Waals surface area contributed by atoms with Crippen LogP contribution in [0.3, 0.4) is 0 Å². The van der Waals surface area contributed by atoms with Crippen molar-refractivity contribution in [2.75, 3.05) is 0 Å². The van der Waals surface area contributed by atoms with Crippen molar-refractivity contribution >= 4 is 0 Å². The minimum Gasteiger partial charge on any atom is -0.369 e. The second kappa shape index (κ2) is 11.4. The monoisotopic (exact) mass is 372 g/mol. The van der Waals surface area contributed by atoms with E-state index in [1.165, 1.54) is 19.3 Å². The van der Waals surface area contributed by atoms with Gasteiger partial charge in [-0.15, -0.1) is 6.58 Å². The molecule has 0 amide bonds. The highest BCUT2D eigenvalue weighted by Gasteiger charge is 2.27. The van der Waals surface area contributed by atoms with Gasteiger partial charge in [-0.05, 0) is 48.9 Å². The largest absolute Gasteiger partial charge is 0.369 e. The highest BCUT2D eigenvalue weighted by Crippen LogP contribution is 2.29. The zero-order valence-electron chi connectivity index (χ0n) is 18.7. The van der Waals surface area contributed by atoms with Crippen molar-refractivity contribution in [1.29, 1.82) is 0 Å². The van der Waals surface area contributed by atoms with Gasteiger partial charge < -0.3 is 10.6 Å². The van der Waals surface area contributed by atoms with E-state index in [-0.39, 0.29) is 5.41 Å². The average Bonchev–Trinajstić information content (AvgIpc) is 2.64. The molecule has 0 saturated carbocycles. The van der Waals surface area contributed by atoms with Crippen LogP contribution in [-0.4, -0.2) is 12.1 Å². The van der Waals surface area contributed by atoms with Crippen molar-refractivity contribution in [2.24, 2.45) is 23.2 Å². The van der Waals surface area contributed by atoms with Gasteiger partial charge in [0.05, 0.1) is 5.82 Å². The molecule has 0 radical (unpaired) electrons. The van der Waals surface area contributed by atoms with E-state index in [0.717, 1.165) is 18.7 Å². The quantitative estimate of drug-likeness (QED) is 0.446. The van der Waals surface area contributed by atoms with Crippen LogP contribution in [0.5, 0.6) is 0 Å². The lowest BCUT2D eigenvalue weighted by molar-refractivity contribution is 0.248. The van der Waals surface area contributed by atoms with Gasteiger partial charge in [0.15, 0.2) is 0 Å². The van der Waals surface area contributed by atoms with Crippen LogP contribution in [0.1, 0.15) is 73.6 Å². The molecule has 0 fully saturated rings. The molecule has 0 heterocycles. The third-order valence-corrected chi connectivity index (χ3v) is 5.66. The highest BCUT2D eigenvalue weighted by atomic mass is 15.1. The smallest absolute Gasteiger partial charge is 0.0917 e. The third kappa shape index (κ3) is 8.86. The van der Waals surface area contributed by atoms with Crippen molar-refractivity contribution < 1.29 is 0 Å². The van der Waals surface area contributed by atoms with Crippen molar-refractivity contribution in [1.82, 2.24) is 10.6 Å². The maximum absolute atomic E-state index is 4.32. The Hall–Kier alpha value is -1.44. The lowest BCUT2D eigenvalue weighted by atomic mass is 9.82. The normalized spacial score (nSPS) is 28.0. The Morgan fingerprint density at radius 2 is 1.67 bits per heavy atom. The summed E-state index contributed by atoms with van der Waals surface area (Å²) in [5, 5.41) is 7.41. The zero-order chi connectivity index (χ0) is 20.4. The minimum absolute atomic E-state index is 0.214. The van der Waals surface area contributed by atoms with Gasteiger partial charge in [-0.3, -0.25) is 0 Å². The Kier molecular flexibility index (Phi) is 9.98. The molecular formula is C25H44N2. The predicted octanol–water partition coefficient (Wildman–Crippen LogP) is 6.59. The molecule has 2 heteroatoms. The molecule has 0 aromatic heterocycles. The molecule has 0 aromatic rings. The Bertz CT molecular complexity index is 489. The zero-order valence-corrected chi connectivity index (χ0v) is 18.7. The Morgan fingerprint density at radius 3 is 2.11 bits per heavy atom. The lowest BCUT2D eigenvalue weighted by Gasteiger charge is -2.36. The first-order valence-corrected chi connectivity index (χ1v) is 10.8. The predicted molar refractivity (Wildman–Crippen MR) is 121 cm³/mol. The van der Waals surface area contributed by atoms with Gasteiger partial charge in [0.25, 0.3) is 0 Å². The van der Waals surface area contributed by atoms with Crippen molar-refractivity contribution in [3.05, 3.63) is 49.4 Å². The SMILES string of the molecule is C=CCC(NC(=C)NC(CCC)C(C)(C)C)C1CC(C)/C=C\C=C/C(C)C1. The van der Waals surface area contributed by atoms with Crippen LogP contribution in [0.4, 0.5) is 0 Å². The Balaban J connectivity index is 2.86. The summed E-state index contributed by atoms with van der Waals surface area (Å²) in [7, 11) is 0. The molecule has 1 aliphatic carbocycles. The van der Waals surface area contributed by atoms with Gasteiger partial charge in [-0.25, -0.2) is 0 Å². The van der Waals surface area contributed by atoms with Crippen LogP contribution < -0.4 is 10.6 Å². The fraction of sp³-hybridized carbons (Fsp3) is 0.680. The molecule has 1 rings (SSSR count). The second-order valence-electron chi connectivity index (χ2n) is 9.56. The summed E-state index contributed by atoms with van der Waals surface area (Å²) in [6, 6.07) is 0.797. The summed E-state index contributed by atoms with van der Waals surface area (Å²) in [6.07, 6.45) is 16.8. The van der Waals surface area contributed by atoms with E-state index in [2.05, 4.69) is 89.6 Å².